The van der Waals surface area contributed by atoms with Crippen LogP contribution in [0.15, 0.2) is 0 Å². The molecule has 11 heavy (non-hydrogen) atoms. The quantitative estimate of drug-likeness (QED) is 0.431. The van der Waals surface area contributed by atoms with Gasteiger partial charge < -0.3 is 15.2 Å². The molecule has 0 rings (SSSR count). The maximum atomic E-state index is 10.1. The maximum absolute atomic E-state index is 10.1. The highest BCUT2D eigenvalue weighted by molar-refractivity contribution is 6.13. The van der Waals surface area contributed by atoms with Gasteiger partial charge in [-0.2, -0.15) is 0 Å². The molecular weight excluding hydrogens is 149 g/mol. The molecule has 1 atom stereocenters. The van der Waals surface area contributed by atoms with Gasteiger partial charge in [-0.05, 0) is 21.0 Å². The first-order chi connectivity index (χ1) is 4.97. The second-order valence-electron chi connectivity index (χ2n) is 2.09. The van der Waals surface area contributed by atoms with Gasteiger partial charge in [-0.3, -0.25) is 9.69 Å². The van der Waals surface area contributed by atoms with Crippen LogP contribution >= 0.6 is 0 Å². The number of rotatable bonds is 2. The summed E-state index contributed by atoms with van der Waals surface area (Å²) in [5.41, 5.74) is 0. The number of hydrogen-bond acceptors (Lipinski definition) is 4. The summed E-state index contributed by atoms with van der Waals surface area (Å²) in [6.07, 6.45) is 0. The SMILES string of the molecule is CC(C(=O)O)N(C)C.O[B]O. The Morgan fingerprint density at radius 1 is 1.45 bits per heavy atom. The van der Waals surface area contributed by atoms with Crippen LogP contribution in [0.5, 0.6) is 0 Å². The van der Waals surface area contributed by atoms with E-state index in [4.69, 9.17) is 15.2 Å². The number of likely N-dealkylation sites (N-methyl/N-ethyl adjacent to an activating group) is 1. The Morgan fingerprint density at radius 2 is 1.73 bits per heavy atom. The first kappa shape index (κ1) is 13.0. The molecule has 5 nitrogen and oxygen atoms in total. The lowest BCUT2D eigenvalue weighted by Crippen LogP contribution is -2.32. The van der Waals surface area contributed by atoms with E-state index in [0.29, 0.717) is 0 Å². The van der Waals surface area contributed by atoms with Crippen molar-refractivity contribution in [2.75, 3.05) is 14.1 Å². The van der Waals surface area contributed by atoms with Crippen molar-refractivity contribution in [1.29, 1.82) is 0 Å². The molecule has 0 aliphatic heterocycles. The predicted molar refractivity (Wildman–Crippen MR) is 41.0 cm³/mol. The molecule has 0 aromatic carbocycles. The maximum Gasteiger partial charge on any atom is 0.482 e. The molecule has 0 heterocycles. The van der Waals surface area contributed by atoms with Crippen LogP contribution in [0.2, 0.25) is 0 Å². The lowest BCUT2D eigenvalue weighted by atomic mass is 10.3. The number of aliphatic carboxylic acids is 1. The highest BCUT2D eigenvalue weighted by atomic mass is 16.4. The number of hydrogen-bond donors (Lipinski definition) is 3. The van der Waals surface area contributed by atoms with Crippen molar-refractivity contribution >= 4 is 13.7 Å². The standard InChI is InChI=1S/C5H11NO2.BH2O2/c1-4(5(7)8)6(2)3;2-1-3/h4H,1-3H3,(H,7,8);2-3H. The normalized spacial score (nSPS) is 11.5. The van der Waals surface area contributed by atoms with Gasteiger partial charge in [0.05, 0.1) is 0 Å². The fourth-order valence-corrected chi connectivity index (χ4v) is 0.221. The van der Waals surface area contributed by atoms with Gasteiger partial charge in [0.25, 0.3) is 0 Å². The van der Waals surface area contributed by atoms with Crippen LogP contribution in [-0.4, -0.2) is 53.8 Å². The van der Waals surface area contributed by atoms with Crippen LogP contribution in [0.25, 0.3) is 0 Å². The number of carbonyl (C=O) groups is 1. The molecular formula is C5H13BNO4. The molecule has 3 N–H and O–H groups in total. The molecule has 6 heteroatoms. The van der Waals surface area contributed by atoms with E-state index < -0.39 is 5.97 Å². The minimum absolute atomic E-state index is 0. The van der Waals surface area contributed by atoms with E-state index in [9.17, 15) is 4.79 Å². The average molecular weight is 162 g/mol. The van der Waals surface area contributed by atoms with Crippen LogP contribution in [-0.2, 0) is 4.79 Å². The summed E-state index contributed by atoms with van der Waals surface area (Å²) in [7, 11) is 3.47. The molecule has 1 unspecified atom stereocenters. The van der Waals surface area contributed by atoms with E-state index in [1.165, 1.54) is 0 Å². The summed E-state index contributed by atoms with van der Waals surface area (Å²) >= 11 is 0. The summed E-state index contributed by atoms with van der Waals surface area (Å²) in [5.74, 6) is -0.782. The highest BCUT2D eigenvalue weighted by Gasteiger charge is 2.11. The molecule has 0 aliphatic rings. The Labute approximate surface area is 66.6 Å². The van der Waals surface area contributed by atoms with Crippen molar-refractivity contribution in [1.82, 2.24) is 4.90 Å². The molecule has 0 aliphatic carbocycles. The van der Waals surface area contributed by atoms with Crippen molar-refractivity contribution in [3.8, 4) is 0 Å². The third-order valence-electron chi connectivity index (χ3n) is 1.13. The highest BCUT2D eigenvalue weighted by Crippen LogP contribution is 1.88. The third kappa shape index (κ3) is 9.41. The van der Waals surface area contributed by atoms with E-state index in [2.05, 4.69) is 0 Å². The fraction of sp³-hybridized carbons (Fsp3) is 0.800. The Kier molecular flexibility index (Phi) is 8.91. The number of carboxylic acids is 1. The van der Waals surface area contributed by atoms with Crippen molar-refractivity contribution < 1.29 is 19.9 Å². The molecule has 0 saturated carbocycles. The summed E-state index contributed by atoms with van der Waals surface area (Å²) in [4.78, 5) is 11.7. The van der Waals surface area contributed by atoms with Gasteiger partial charge in [-0.1, -0.05) is 0 Å². The van der Waals surface area contributed by atoms with Gasteiger partial charge in [-0.25, -0.2) is 0 Å². The molecule has 65 valence electrons. The molecule has 0 aromatic rings. The van der Waals surface area contributed by atoms with Crippen molar-refractivity contribution in [2.45, 2.75) is 13.0 Å². The van der Waals surface area contributed by atoms with Gasteiger partial charge in [0.2, 0.25) is 0 Å². The van der Waals surface area contributed by atoms with Gasteiger partial charge in [0.15, 0.2) is 0 Å². The predicted octanol–water partition coefficient (Wildman–Crippen LogP) is -1.47. The smallest absolute Gasteiger partial charge is 0.480 e. The minimum atomic E-state index is -0.782. The van der Waals surface area contributed by atoms with E-state index in [1.54, 1.807) is 25.9 Å². The van der Waals surface area contributed by atoms with Gasteiger partial charge in [-0.15, -0.1) is 0 Å². The summed E-state index contributed by atoms with van der Waals surface area (Å²) in [6, 6.07) is -0.380. The van der Waals surface area contributed by atoms with Crippen molar-refractivity contribution in [3.05, 3.63) is 0 Å². The first-order valence-corrected chi connectivity index (χ1v) is 2.96. The summed E-state index contributed by atoms with van der Waals surface area (Å²) in [6.45, 7) is 1.64. The van der Waals surface area contributed by atoms with Crippen molar-refractivity contribution in [3.63, 3.8) is 0 Å². The first-order valence-electron chi connectivity index (χ1n) is 2.96. The minimum Gasteiger partial charge on any atom is -0.480 e. The zero-order valence-corrected chi connectivity index (χ0v) is 6.85. The number of nitrogens with zero attached hydrogens (tertiary/aromatic N) is 1. The fourth-order valence-electron chi connectivity index (χ4n) is 0.221. The molecule has 0 bridgehead atoms. The van der Waals surface area contributed by atoms with Crippen molar-refractivity contribution in [2.24, 2.45) is 0 Å². The Bertz CT molecular complexity index is 109. The van der Waals surface area contributed by atoms with E-state index in [1.807, 2.05) is 0 Å². The lowest BCUT2D eigenvalue weighted by Gasteiger charge is -2.13. The molecule has 0 spiro atoms. The van der Waals surface area contributed by atoms with Gasteiger partial charge in [0, 0.05) is 0 Å². The average Bonchev–Trinajstić information content (AvgIpc) is 1.87. The molecule has 0 saturated heterocycles. The van der Waals surface area contributed by atoms with Crippen LogP contribution in [0.1, 0.15) is 6.92 Å². The van der Waals surface area contributed by atoms with Crippen LogP contribution in [0.4, 0.5) is 0 Å². The molecule has 0 aromatic heterocycles. The second-order valence-corrected chi connectivity index (χ2v) is 2.09. The Hall–Kier alpha value is -0.585. The Balaban J connectivity index is 0. The monoisotopic (exact) mass is 162 g/mol. The summed E-state index contributed by atoms with van der Waals surface area (Å²) < 4.78 is 0. The topological polar surface area (TPSA) is 81.0 Å². The van der Waals surface area contributed by atoms with Gasteiger partial charge >= 0.3 is 13.7 Å². The Morgan fingerprint density at radius 3 is 1.73 bits per heavy atom. The van der Waals surface area contributed by atoms with Crippen LogP contribution < -0.4 is 0 Å². The van der Waals surface area contributed by atoms with Gasteiger partial charge in [0.1, 0.15) is 6.04 Å². The molecule has 1 radical (unpaired) electrons. The zero-order valence-electron chi connectivity index (χ0n) is 6.85. The van der Waals surface area contributed by atoms with E-state index >= 15 is 0 Å². The third-order valence-corrected chi connectivity index (χ3v) is 1.13. The number of carboxylic acid groups (broad SMARTS) is 1. The lowest BCUT2D eigenvalue weighted by molar-refractivity contribution is -0.141. The molecule has 0 amide bonds. The zero-order chi connectivity index (χ0) is 9.44. The summed E-state index contributed by atoms with van der Waals surface area (Å²) in [5, 5.41) is 22.3. The van der Waals surface area contributed by atoms with E-state index in [-0.39, 0.29) is 13.7 Å². The van der Waals surface area contributed by atoms with E-state index in [0.717, 1.165) is 0 Å². The largest absolute Gasteiger partial charge is 0.482 e. The van der Waals surface area contributed by atoms with Crippen LogP contribution in [0, 0.1) is 0 Å². The second kappa shape index (κ2) is 7.52. The van der Waals surface area contributed by atoms with Crippen LogP contribution in [0.3, 0.4) is 0 Å². The molecule has 0 fully saturated rings.